The Bertz CT molecular complexity index is 875. The Morgan fingerprint density at radius 3 is 2.42 bits per heavy atom. The first kappa shape index (κ1) is 17.0. The molecule has 1 saturated carbocycles. The summed E-state index contributed by atoms with van der Waals surface area (Å²) in [5.74, 6) is -0.742. The van der Waals surface area contributed by atoms with Gasteiger partial charge in [-0.25, -0.2) is 0 Å². The Morgan fingerprint density at radius 2 is 1.73 bits per heavy atom. The second kappa shape index (κ2) is 6.05. The van der Waals surface area contributed by atoms with E-state index in [0.29, 0.717) is 0 Å². The first-order valence-electron chi connectivity index (χ1n) is 9.29. The summed E-state index contributed by atoms with van der Waals surface area (Å²) in [5.41, 5.74) is 3.34. The van der Waals surface area contributed by atoms with E-state index in [9.17, 15) is 9.59 Å². The minimum absolute atomic E-state index is 0.0994. The van der Waals surface area contributed by atoms with Gasteiger partial charge in [-0.1, -0.05) is 93.1 Å². The second-order valence-electron chi connectivity index (χ2n) is 8.50. The number of benzene rings is 1. The van der Waals surface area contributed by atoms with Crippen LogP contribution in [0, 0.1) is 29.1 Å². The molecule has 0 aliphatic heterocycles. The number of hydrogen-bond donors (Lipinski definition) is 0. The van der Waals surface area contributed by atoms with Gasteiger partial charge in [0.2, 0.25) is 11.6 Å². The molecule has 1 aromatic rings. The monoisotopic (exact) mass is 344 g/mol. The Hall–Kier alpha value is -2.48. The first-order chi connectivity index (χ1) is 12.4. The number of rotatable bonds is 2. The summed E-state index contributed by atoms with van der Waals surface area (Å²) in [4.78, 5) is 25.2. The molecule has 0 radical (unpaired) electrons. The lowest BCUT2D eigenvalue weighted by molar-refractivity contribution is -0.146. The van der Waals surface area contributed by atoms with Crippen LogP contribution in [-0.4, -0.2) is 11.6 Å². The van der Waals surface area contributed by atoms with E-state index in [2.05, 4.69) is 63.3 Å². The lowest BCUT2D eigenvalue weighted by atomic mass is 9.54. The van der Waals surface area contributed by atoms with E-state index >= 15 is 0 Å². The molecule has 4 aliphatic carbocycles. The molecule has 0 saturated heterocycles. The van der Waals surface area contributed by atoms with Gasteiger partial charge in [-0.05, 0) is 22.5 Å². The van der Waals surface area contributed by atoms with Crippen LogP contribution >= 0.6 is 0 Å². The van der Waals surface area contributed by atoms with Crippen molar-refractivity contribution in [1.82, 2.24) is 0 Å². The number of allylic oxidation sites excluding steroid dienone is 7. The van der Waals surface area contributed by atoms with E-state index in [4.69, 9.17) is 0 Å². The number of fused-ring (bicyclic) bond motifs is 1. The predicted molar refractivity (Wildman–Crippen MR) is 104 cm³/mol. The molecule has 4 aliphatic rings. The SMILES string of the molecule is CC(C)(C)C1=C[C@H]2C(=O)C(=O)[C@@H]1[C@H]1/C(=C\C=C\c3ccccc3)C=C[C@H]12. The molecule has 0 spiro atoms. The molecule has 4 atom stereocenters. The minimum atomic E-state index is -0.302. The molecule has 0 heterocycles. The number of carbonyl (C=O) groups excluding carboxylic acids is 2. The van der Waals surface area contributed by atoms with Crippen LogP contribution in [0.1, 0.15) is 26.3 Å². The molecule has 2 nitrogen and oxygen atoms in total. The highest BCUT2D eigenvalue weighted by Gasteiger charge is 2.56. The van der Waals surface area contributed by atoms with Crippen LogP contribution in [0.5, 0.6) is 0 Å². The third kappa shape index (κ3) is 2.65. The summed E-state index contributed by atoms with van der Waals surface area (Å²) < 4.78 is 0. The van der Waals surface area contributed by atoms with E-state index in [0.717, 1.165) is 16.7 Å². The topological polar surface area (TPSA) is 34.1 Å². The van der Waals surface area contributed by atoms with Crippen LogP contribution in [0.15, 0.2) is 71.9 Å². The van der Waals surface area contributed by atoms with Gasteiger partial charge in [-0.3, -0.25) is 9.59 Å². The molecule has 2 heteroatoms. The van der Waals surface area contributed by atoms with E-state index in [-0.39, 0.29) is 40.7 Å². The highest BCUT2D eigenvalue weighted by Crippen LogP contribution is 2.55. The normalized spacial score (nSPS) is 31.8. The summed E-state index contributed by atoms with van der Waals surface area (Å²) in [6.07, 6.45) is 12.5. The van der Waals surface area contributed by atoms with Crippen molar-refractivity contribution in [3.63, 3.8) is 0 Å². The highest BCUT2D eigenvalue weighted by atomic mass is 16.2. The molecule has 0 amide bonds. The largest absolute Gasteiger partial charge is 0.290 e. The fourth-order valence-corrected chi connectivity index (χ4v) is 4.62. The first-order valence-corrected chi connectivity index (χ1v) is 9.29. The van der Waals surface area contributed by atoms with Crippen molar-refractivity contribution in [2.45, 2.75) is 20.8 Å². The number of Topliss-reactive ketones (excluding diaryl/α,β-unsaturated/α-hetero) is 2. The molecular weight excluding hydrogens is 320 g/mol. The predicted octanol–water partition coefficient (Wildman–Crippen LogP) is 4.80. The maximum Gasteiger partial charge on any atom is 0.206 e. The molecule has 0 unspecified atom stereocenters. The standard InChI is InChI=1S/C24H24O2/c1-24(2,3)19-14-18-17-13-12-16(20(17)21(19)23(26)22(18)25)11-7-10-15-8-5-4-6-9-15/h4-14,17-18,20-21H,1-3H3/b10-7+,16-11-/t17-,18+,20-,21-/m0/s1. The van der Waals surface area contributed by atoms with Gasteiger partial charge in [-0.2, -0.15) is 0 Å². The molecule has 2 bridgehead atoms. The Balaban J connectivity index is 1.68. The third-order valence-electron chi connectivity index (χ3n) is 5.85. The fraction of sp³-hybridized carbons (Fsp3) is 0.333. The molecule has 132 valence electrons. The van der Waals surface area contributed by atoms with E-state index < -0.39 is 0 Å². The zero-order valence-corrected chi connectivity index (χ0v) is 15.5. The lowest BCUT2D eigenvalue weighted by Gasteiger charge is -2.46. The van der Waals surface area contributed by atoms with Gasteiger partial charge in [0, 0.05) is 5.92 Å². The van der Waals surface area contributed by atoms with Crippen molar-refractivity contribution in [2.24, 2.45) is 29.1 Å². The zero-order chi connectivity index (χ0) is 18.5. The minimum Gasteiger partial charge on any atom is -0.290 e. The zero-order valence-electron chi connectivity index (χ0n) is 15.5. The van der Waals surface area contributed by atoms with Gasteiger partial charge in [0.1, 0.15) is 0 Å². The Kier molecular flexibility index (Phi) is 3.95. The van der Waals surface area contributed by atoms with Gasteiger partial charge in [0.15, 0.2) is 0 Å². The number of ketones is 2. The summed E-state index contributed by atoms with van der Waals surface area (Å²) in [7, 11) is 0. The van der Waals surface area contributed by atoms with Crippen molar-refractivity contribution in [1.29, 1.82) is 0 Å². The van der Waals surface area contributed by atoms with Crippen LogP contribution in [0.2, 0.25) is 0 Å². The summed E-state index contributed by atoms with van der Waals surface area (Å²) in [6.45, 7) is 6.40. The second-order valence-corrected chi connectivity index (χ2v) is 8.50. The maximum atomic E-state index is 12.8. The van der Waals surface area contributed by atoms with Gasteiger partial charge in [-0.15, -0.1) is 0 Å². The van der Waals surface area contributed by atoms with Crippen LogP contribution in [0.4, 0.5) is 0 Å². The van der Waals surface area contributed by atoms with Crippen LogP contribution in [0.3, 0.4) is 0 Å². The van der Waals surface area contributed by atoms with Gasteiger partial charge < -0.3 is 0 Å². The molecule has 0 N–H and O–H groups in total. The van der Waals surface area contributed by atoms with Crippen LogP contribution in [-0.2, 0) is 9.59 Å². The Morgan fingerprint density at radius 1 is 1.00 bits per heavy atom. The van der Waals surface area contributed by atoms with Crippen molar-refractivity contribution >= 4 is 17.6 Å². The smallest absolute Gasteiger partial charge is 0.206 e. The van der Waals surface area contributed by atoms with E-state index in [1.165, 1.54) is 0 Å². The van der Waals surface area contributed by atoms with Crippen molar-refractivity contribution < 1.29 is 9.59 Å². The molecule has 5 rings (SSSR count). The Labute approximate surface area is 155 Å². The molecule has 0 aromatic heterocycles. The van der Waals surface area contributed by atoms with Crippen molar-refractivity contribution in [2.75, 3.05) is 0 Å². The maximum absolute atomic E-state index is 12.8. The van der Waals surface area contributed by atoms with Crippen LogP contribution < -0.4 is 0 Å². The van der Waals surface area contributed by atoms with E-state index in [1.54, 1.807) is 0 Å². The molecule has 1 fully saturated rings. The van der Waals surface area contributed by atoms with Gasteiger partial charge in [0.05, 0.1) is 11.8 Å². The molecular formula is C24H24O2. The average molecular weight is 344 g/mol. The average Bonchev–Trinajstić information content (AvgIpc) is 3.03. The lowest BCUT2D eigenvalue weighted by Crippen LogP contribution is -2.51. The van der Waals surface area contributed by atoms with E-state index in [1.807, 2.05) is 24.3 Å². The van der Waals surface area contributed by atoms with Crippen molar-refractivity contribution in [3.05, 3.63) is 77.4 Å². The van der Waals surface area contributed by atoms with Crippen LogP contribution in [0.25, 0.3) is 6.08 Å². The highest BCUT2D eigenvalue weighted by molar-refractivity contribution is 6.41. The summed E-state index contributed by atoms with van der Waals surface area (Å²) in [5, 5.41) is 0. The molecule has 1 aromatic carbocycles. The fourth-order valence-electron chi connectivity index (χ4n) is 4.62. The third-order valence-corrected chi connectivity index (χ3v) is 5.85. The summed E-state index contributed by atoms with van der Waals surface area (Å²) in [6, 6.07) is 10.2. The van der Waals surface area contributed by atoms with Gasteiger partial charge >= 0.3 is 0 Å². The quantitative estimate of drug-likeness (QED) is 0.570. The van der Waals surface area contributed by atoms with Gasteiger partial charge in [0.25, 0.3) is 0 Å². The summed E-state index contributed by atoms with van der Waals surface area (Å²) >= 11 is 0. The number of carbonyl (C=O) groups is 2. The number of hydrogen-bond acceptors (Lipinski definition) is 2. The van der Waals surface area contributed by atoms with Crippen molar-refractivity contribution in [3.8, 4) is 0 Å². The molecule has 26 heavy (non-hydrogen) atoms.